The second-order valence-corrected chi connectivity index (χ2v) is 4.93. The van der Waals surface area contributed by atoms with Crippen LogP contribution in [0.5, 0.6) is 0 Å². The van der Waals surface area contributed by atoms with Crippen LogP contribution in [-0.2, 0) is 0 Å². The molecular formula is C17H14N4. The zero-order valence-corrected chi connectivity index (χ0v) is 11.6. The van der Waals surface area contributed by atoms with Gasteiger partial charge in [-0.25, -0.2) is 9.97 Å². The van der Waals surface area contributed by atoms with E-state index in [1.54, 1.807) is 0 Å². The first-order valence-corrected chi connectivity index (χ1v) is 6.87. The Morgan fingerprint density at radius 3 is 2.81 bits per heavy atom. The molecule has 4 aromatic rings. The van der Waals surface area contributed by atoms with Gasteiger partial charge in [-0.05, 0) is 24.3 Å². The van der Waals surface area contributed by atoms with Crippen LogP contribution in [0.3, 0.4) is 0 Å². The van der Waals surface area contributed by atoms with Crippen molar-refractivity contribution in [1.29, 1.82) is 0 Å². The molecular weight excluding hydrogens is 260 g/mol. The van der Waals surface area contributed by atoms with Crippen molar-refractivity contribution in [3.8, 4) is 11.3 Å². The van der Waals surface area contributed by atoms with Crippen LogP contribution in [0.2, 0.25) is 0 Å². The number of aromatic amines is 1. The Morgan fingerprint density at radius 1 is 1.00 bits per heavy atom. The molecule has 0 spiro atoms. The summed E-state index contributed by atoms with van der Waals surface area (Å²) in [6.07, 6.45) is 1.90. The van der Waals surface area contributed by atoms with Crippen LogP contribution in [0, 0.1) is 0 Å². The molecule has 0 bridgehead atoms. The average molecular weight is 274 g/mol. The highest BCUT2D eigenvalue weighted by Gasteiger charge is 2.10. The third kappa shape index (κ3) is 1.92. The van der Waals surface area contributed by atoms with Crippen molar-refractivity contribution in [2.45, 2.75) is 0 Å². The second-order valence-electron chi connectivity index (χ2n) is 4.93. The summed E-state index contributed by atoms with van der Waals surface area (Å²) in [4.78, 5) is 12.5. The smallest absolute Gasteiger partial charge is 0.140 e. The van der Waals surface area contributed by atoms with Gasteiger partial charge in [0.1, 0.15) is 11.5 Å². The fraction of sp³-hybridized carbons (Fsp3) is 0.0588. The number of H-pyrrole nitrogens is 1. The molecule has 0 saturated heterocycles. The van der Waals surface area contributed by atoms with E-state index in [0.29, 0.717) is 0 Å². The fourth-order valence-electron chi connectivity index (χ4n) is 2.59. The zero-order valence-electron chi connectivity index (χ0n) is 11.6. The van der Waals surface area contributed by atoms with E-state index >= 15 is 0 Å². The number of rotatable bonds is 2. The zero-order chi connectivity index (χ0) is 14.2. The first-order chi connectivity index (χ1) is 10.3. The maximum atomic E-state index is 4.78. The number of para-hydroxylation sites is 1. The highest BCUT2D eigenvalue weighted by Crippen LogP contribution is 2.29. The van der Waals surface area contributed by atoms with Crippen LogP contribution < -0.4 is 5.32 Å². The maximum Gasteiger partial charge on any atom is 0.140 e. The molecule has 0 saturated carbocycles. The van der Waals surface area contributed by atoms with Gasteiger partial charge < -0.3 is 10.3 Å². The van der Waals surface area contributed by atoms with Crippen LogP contribution >= 0.6 is 0 Å². The lowest BCUT2D eigenvalue weighted by atomic mass is 10.1. The third-order valence-electron chi connectivity index (χ3n) is 3.66. The van der Waals surface area contributed by atoms with Gasteiger partial charge in [0.25, 0.3) is 0 Å². The Labute approximate surface area is 121 Å². The topological polar surface area (TPSA) is 53.6 Å². The van der Waals surface area contributed by atoms with Crippen LogP contribution in [-0.4, -0.2) is 22.0 Å². The molecule has 4 heteroatoms. The van der Waals surface area contributed by atoms with Crippen molar-refractivity contribution in [2.75, 3.05) is 12.4 Å². The Kier molecular flexibility index (Phi) is 2.60. The molecule has 21 heavy (non-hydrogen) atoms. The number of pyridine rings is 2. The Bertz CT molecular complexity index is 940. The summed E-state index contributed by atoms with van der Waals surface area (Å²) in [7, 11) is 1.87. The quantitative estimate of drug-likeness (QED) is 0.584. The van der Waals surface area contributed by atoms with Crippen LogP contribution in [0.1, 0.15) is 0 Å². The van der Waals surface area contributed by atoms with Gasteiger partial charge in [-0.2, -0.15) is 0 Å². The summed E-state index contributed by atoms with van der Waals surface area (Å²) in [5, 5.41) is 5.33. The number of hydrogen-bond donors (Lipinski definition) is 2. The highest BCUT2D eigenvalue weighted by molar-refractivity contribution is 5.95. The minimum absolute atomic E-state index is 0.829. The van der Waals surface area contributed by atoms with Crippen LogP contribution in [0.25, 0.3) is 33.2 Å². The van der Waals surface area contributed by atoms with Crippen molar-refractivity contribution < 1.29 is 0 Å². The van der Waals surface area contributed by atoms with E-state index in [1.165, 1.54) is 0 Å². The molecule has 0 aliphatic rings. The predicted molar refractivity (Wildman–Crippen MR) is 86.4 cm³/mol. The number of nitrogens with zero attached hydrogens (tertiary/aromatic N) is 2. The van der Waals surface area contributed by atoms with Gasteiger partial charge >= 0.3 is 0 Å². The van der Waals surface area contributed by atoms with E-state index in [9.17, 15) is 0 Å². The van der Waals surface area contributed by atoms with Gasteiger partial charge in [-0.15, -0.1) is 0 Å². The largest absolute Gasteiger partial charge is 0.373 e. The molecule has 0 unspecified atom stereocenters. The molecule has 0 radical (unpaired) electrons. The standard InChI is InChI=1S/C17H14N4/c1-18-16-10-13(12-8-9-19-17(12)21-16)15-7-6-11-4-2-3-5-14(11)20-15/h2-10H,1H3,(H2,18,19,21). The summed E-state index contributed by atoms with van der Waals surface area (Å²) in [5.74, 6) is 0.829. The maximum absolute atomic E-state index is 4.78. The Morgan fingerprint density at radius 2 is 1.90 bits per heavy atom. The van der Waals surface area contributed by atoms with Gasteiger partial charge in [-0.1, -0.05) is 24.3 Å². The van der Waals surface area contributed by atoms with E-state index in [0.717, 1.165) is 39.0 Å². The first kappa shape index (κ1) is 11.9. The summed E-state index contributed by atoms with van der Waals surface area (Å²) in [6.45, 7) is 0. The molecule has 3 aromatic heterocycles. The number of hydrogen-bond acceptors (Lipinski definition) is 3. The average Bonchev–Trinajstić information content (AvgIpc) is 3.01. The summed E-state index contributed by atoms with van der Waals surface area (Å²) < 4.78 is 0. The lowest BCUT2D eigenvalue weighted by molar-refractivity contribution is 1.29. The fourth-order valence-corrected chi connectivity index (χ4v) is 2.59. The van der Waals surface area contributed by atoms with Crippen LogP contribution in [0.4, 0.5) is 5.82 Å². The lowest BCUT2D eigenvalue weighted by Gasteiger charge is -2.07. The van der Waals surface area contributed by atoms with E-state index < -0.39 is 0 Å². The van der Waals surface area contributed by atoms with Crippen molar-refractivity contribution in [3.05, 3.63) is 54.7 Å². The molecule has 0 amide bonds. The second kappa shape index (κ2) is 4.59. The first-order valence-electron chi connectivity index (χ1n) is 6.87. The number of nitrogens with one attached hydrogen (secondary N) is 2. The molecule has 2 N–H and O–H groups in total. The monoisotopic (exact) mass is 274 g/mol. The number of benzene rings is 1. The van der Waals surface area contributed by atoms with Crippen molar-refractivity contribution in [1.82, 2.24) is 15.0 Å². The number of aromatic nitrogens is 3. The molecule has 3 heterocycles. The van der Waals surface area contributed by atoms with Crippen molar-refractivity contribution in [2.24, 2.45) is 0 Å². The summed E-state index contributed by atoms with van der Waals surface area (Å²) >= 11 is 0. The normalized spacial score (nSPS) is 11.1. The van der Waals surface area contributed by atoms with Gasteiger partial charge in [0.15, 0.2) is 0 Å². The Balaban J connectivity index is 2.00. The summed E-state index contributed by atoms with van der Waals surface area (Å²) in [5.41, 5.74) is 3.90. The molecule has 0 aliphatic heterocycles. The van der Waals surface area contributed by atoms with Crippen molar-refractivity contribution >= 4 is 27.8 Å². The van der Waals surface area contributed by atoms with Gasteiger partial charge in [0.05, 0.1) is 11.2 Å². The van der Waals surface area contributed by atoms with Crippen LogP contribution in [0.15, 0.2) is 54.7 Å². The predicted octanol–water partition coefficient (Wildman–Crippen LogP) is 3.82. The third-order valence-corrected chi connectivity index (χ3v) is 3.66. The molecule has 0 atom stereocenters. The summed E-state index contributed by atoms with van der Waals surface area (Å²) in [6, 6.07) is 16.4. The molecule has 1 aromatic carbocycles. The molecule has 0 aliphatic carbocycles. The van der Waals surface area contributed by atoms with Gasteiger partial charge in [-0.3, -0.25) is 0 Å². The Hall–Kier alpha value is -2.88. The molecule has 4 rings (SSSR count). The van der Waals surface area contributed by atoms with Gasteiger partial charge in [0.2, 0.25) is 0 Å². The minimum Gasteiger partial charge on any atom is -0.373 e. The number of fused-ring (bicyclic) bond motifs is 2. The molecule has 102 valence electrons. The van der Waals surface area contributed by atoms with Crippen molar-refractivity contribution in [3.63, 3.8) is 0 Å². The van der Waals surface area contributed by atoms with E-state index in [4.69, 9.17) is 4.98 Å². The van der Waals surface area contributed by atoms with E-state index in [-0.39, 0.29) is 0 Å². The minimum atomic E-state index is 0.829. The SMILES string of the molecule is CNc1cc(-c2ccc3ccccc3n2)c2cc[nH]c2n1. The number of anilines is 1. The van der Waals surface area contributed by atoms with E-state index in [1.807, 2.05) is 43.6 Å². The highest BCUT2D eigenvalue weighted by atomic mass is 15.0. The molecule has 4 nitrogen and oxygen atoms in total. The van der Waals surface area contributed by atoms with E-state index in [2.05, 4.69) is 33.5 Å². The molecule has 0 fully saturated rings. The lowest BCUT2D eigenvalue weighted by Crippen LogP contribution is -1.94. The van der Waals surface area contributed by atoms with Gasteiger partial charge in [0, 0.05) is 29.6 Å².